The molecule has 0 radical (unpaired) electrons. The second-order valence-corrected chi connectivity index (χ2v) is 7.51. The van der Waals surface area contributed by atoms with E-state index >= 15 is 0 Å². The highest BCUT2D eigenvalue weighted by atomic mass is 32.2. The average Bonchev–Trinajstić information content (AvgIpc) is 2.36. The Kier molecular flexibility index (Phi) is 5.18. The fraction of sp³-hybridized carbons (Fsp3) is 0.917. The second-order valence-electron chi connectivity index (χ2n) is 5.28. The summed E-state index contributed by atoms with van der Waals surface area (Å²) in [6, 6.07) is -0.247. The van der Waals surface area contributed by atoms with Gasteiger partial charge in [0.15, 0.2) is 9.84 Å². The average molecular weight is 290 g/mol. The lowest BCUT2D eigenvalue weighted by molar-refractivity contribution is -0.128. The Labute approximate surface area is 114 Å². The molecule has 0 aromatic carbocycles. The lowest BCUT2D eigenvalue weighted by Gasteiger charge is -2.25. The van der Waals surface area contributed by atoms with E-state index in [0.717, 1.165) is 32.4 Å². The lowest BCUT2D eigenvalue weighted by Crippen LogP contribution is -2.45. The molecule has 0 aliphatic carbocycles. The molecule has 2 aliphatic rings. The topological polar surface area (TPSA) is 84.5 Å². The molecule has 2 aliphatic heterocycles. The molecule has 0 aromatic rings. The van der Waals surface area contributed by atoms with Crippen LogP contribution in [-0.4, -0.2) is 57.7 Å². The molecule has 19 heavy (non-hydrogen) atoms. The summed E-state index contributed by atoms with van der Waals surface area (Å²) in [5, 5.41) is 5.99. The molecule has 6 nitrogen and oxygen atoms in total. The van der Waals surface area contributed by atoms with Crippen molar-refractivity contribution in [3.8, 4) is 0 Å². The van der Waals surface area contributed by atoms with Crippen LogP contribution in [0.1, 0.15) is 25.7 Å². The summed E-state index contributed by atoms with van der Waals surface area (Å²) in [4.78, 5) is 11.7. The fourth-order valence-electron chi connectivity index (χ4n) is 2.56. The SMILES string of the molecule is O=C(COC1CCNCC1)NC1CCCS(=O)(=O)C1. The van der Waals surface area contributed by atoms with Crippen molar-refractivity contribution in [3.63, 3.8) is 0 Å². The van der Waals surface area contributed by atoms with Gasteiger partial charge in [-0.15, -0.1) is 0 Å². The van der Waals surface area contributed by atoms with E-state index in [-0.39, 0.29) is 36.2 Å². The maximum Gasteiger partial charge on any atom is 0.246 e. The monoisotopic (exact) mass is 290 g/mol. The maximum atomic E-state index is 11.7. The number of nitrogens with one attached hydrogen (secondary N) is 2. The Balaban J connectivity index is 1.69. The van der Waals surface area contributed by atoms with Crippen molar-refractivity contribution in [2.24, 2.45) is 0 Å². The normalized spacial score (nSPS) is 27.9. The van der Waals surface area contributed by atoms with Crippen LogP contribution in [0, 0.1) is 0 Å². The zero-order chi connectivity index (χ0) is 13.7. The van der Waals surface area contributed by atoms with Crippen LogP contribution in [0.4, 0.5) is 0 Å². The minimum atomic E-state index is -2.98. The Morgan fingerprint density at radius 3 is 2.68 bits per heavy atom. The third-order valence-electron chi connectivity index (χ3n) is 3.56. The Morgan fingerprint density at radius 1 is 1.26 bits per heavy atom. The Bertz CT molecular complexity index is 404. The van der Waals surface area contributed by atoms with Gasteiger partial charge in [0.2, 0.25) is 5.91 Å². The standard InChI is InChI=1S/C12H22N2O4S/c15-12(8-18-11-3-5-13-6-4-11)14-10-2-1-7-19(16,17)9-10/h10-11,13H,1-9H2,(H,14,15). The van der Waals surface area contributed by atoms with E-state index in [0.29, 0.717) is 6.42 Å². The summed E-state index contributed by atoms with van der Waals surface area (Å²) >= 11 is 0. The number of sulfone groups is 1. The minimum Gasteiger partial charge on any atom is -0.368 e. The molecule has 0 aromatic heterocycles. The maximum absolute atomic E-state index is 11.7. The molecule has 1 unspecified atom stereocenters. The van der Waals surface area contributed by atoms with Gasteiger partial charge >= 0.3 is 0 Å². The highest BCUT2D eigenvalue weighted by molar-refractivity contribution is 7.91. The number of piperidine rings is 1. The van der Waals surface area contributed by atoms with Crippen molar-refractivity contribution in [2.45, 2.75) is 37.8 Å². The van der Waals surface area contributed by atoms with Crippen LogP contribution in [0.3, 0.4) is 0 Å². The fourth-order valence-corrected chi connectivity index (χ4v) is 4.20. The molecule has 2 heterocycles. The van der Waals surface area contributed by atoms with E-state index in [1.807, 2.05) is 0 Å². The summed E-state index contributed by atoms with van der Waals surface area (Å²) in [5.74, 6) is 0.0949. The van der Waals surface area contributed by atoms with Crippen LogP contribution in [0.15, 0.2) is 0 Å². The largest absolute Gasteiger partial charge is 0.368 e. The van der Waals surface area contributed by atoms with E-state index in [1.54, 1.807) is 0 Å². The molecule has 0 saturated carbocycles. The summed E-state index contributed by atoms with van der Waals surface area (Å²) in [7, 11) is -2.98. The first-order chi connectivity index (χ1) is 9.05. The van der Waals surface area contributed by atoms with E-state index in [1.165, 1.54) is 0 Å². The smallest absolute Gasteiger partial charge is 0.246 e. The van der Waals surface area contributed by atoms with Crippen molar-refractivity contribution in [1.29, 1.82) is 0 Å². The van der Waals surface area contributed by atoms with Crippen LogP contribution in [-0.2, 0) is 19.4 Å². The minimum absolute atomic E-state index is 0.0290. The molecule has 2 fully saturated rings. The van der Waals surface area contributed by atoms with Crippen LogP contribution >= 0.6 is 0 Å². The van der Waals surface area contributed by atoms with Crippen molar-refractivity contribution in [1.82, 2.24) is 10.6 Å². The van der Waals surface area contributed by atoms with Gasteiger partial charge in [-0.1, -0.05) is 0 Å². The van der Waals surface area contributed by atoms with Crippen molar-refractivity contribution in [3.05, 3.63) is 0 Å². The van der Waals surface area contributed by atoms with Gasteiger partial charge in [0.05, 0.1) is 17.6 Å². The van der Waals surface area contributed by atoms with Crippen LogP contribution < -0.4 is 10.6 Å². The van der Waals surface area contributed by atoms with Gasteiger partial charge in [-0.05, 0) is 38.8 Å². The van der Waals surface area contributed by atoms with Crippen molar-refractivity contribution >= 4 is 15.7 Å². The lowest BCUT2D eigenvalue weighted by atomic mass is 10.1. The molecule has 2 rings (SSSR count). The molecule has 0 spiro atoms. The predicted molar refractivity (Wildman–Crippen MR) is 71.7 cm³/mol. The zero-order valence-corrected chi connectivity index (χ0v) is 11.9. The van der Waals surface area contributed by atoms with E-state index in [4.69, 9.17) is 4.74 Å². The predicted octanol–water partition coefficient (Wildman–Crippen LogP) is -0.552. The first kappa shape index (κ1) is 14.7. The van der Waals surface area contributed by atoms with Gasteiger partial charge in [0.25, 0.3) is 0 Å². The summed E-state index contributed by atoms with van der Waals surface area (Å²) in [6.45, 7) is 1.88. The third-order valence-corrected chi connectivity index (χ3v) is 5.39. The van der Waals surface area contributed by atoms with E-state index in [9.17, 15) is 13.2 Å². The van der Waals surface area contributed by atoms with E-state index in [2.05, 4.69) is 10.6 Å². The molecular weight excluding hydrogens is 268 g/mol. The first-order valence-corrected chi connectivity index (χ1v) is 8.69. The highest BCUT2D eigenvalue weighted by Crippen LogP contribution is 2.12. The number of amides is 1. The van der Waals surface area contributed by atoms with Gasteiger partial charge in [-0.3, -0.25) is 4.79 Å². The number of carbonyl (C=O) groups excluding carboxylic acids is 1. The van der Waals surface area contributed by atoms with Crippen molar-refractivity contribution < 1.29 is 17.9 Å². The van der Waals surface area contributed by atoms with Crippen LogP contribution in [0.5, 0.6) is 0 Å². The molecule has 1 amide bonds. The van der Waals surface area contributed by atoms with Gasteiger partial charge in [-0.2, -0.15) is 0 Å². The molecule has 2 saturated heterocycles. The summed E-state index contributed by atoms with van der Waals surface area (Å²) in [6.07, 6.45) is 3.35. The number of ether oxygens (including phenoxy) is 1. The van der Waals surface area contributed by atoms with Gasteiger partial charge < -0.3 is 15.4 Å². The zero-order valence-electron chi connectivity index (χ0n) is 11.1. The van der Waals surface area contributed by atoms with E-state index < -0.39 is 9.84 Å². The molecule has 1 atom stereocenters. The quantitative estimate of drug-likeness (QED) is 0.725. The Hall–Kier alpha value is -0.660. The molecular formula is C12H22N2O4S. The van der Waals surface area contributed by atoms with Gasteiger partial charge in [0, 0.05) is 6.04 Å². The Morgan fingerprint density at radius 2 is 2.00 bits per heavy atom. The first-order valence-electron chi connectivity index (χ1n) is 6.87. The number of hydrogen-bond acceptors (Lipinski definition) is 5. The second kappa shape index (κ2) is 6.67. The molecule has 0 bridgehead atoms. The van der Waals surface area contributed by atoms with Crippen molar-refractivity contribution in [2.75, 3.05) is 31.2 Å². The number of hydrogen-bond donors (Lipinski definition) is 2. The van der Waals surface area contributed by atoms with Crippen LogP contribution in [0.2, 0.25) is 0 Å². The molecule has 110 valence electrons. The number of carbonyl (C=O) groups is 1. The number of rotatable bonds is 4. The van der Waals surface area contributed by atoms with Gasteiger partial charge in [-0.25, -0.2) is 8.42 Å². The highest BCUT2D eigenvalue weighted by Gasteiger charge is 2.26. The van der Waals surface area contributed by atoms with Gasteiger partial charge in [0.1, 0.15) is 6.61 Å². The van der Waals surface area contributed by atoms with Crippen LogP contribution in [0.25, 0.3) is 0 Å². The third kappa shape index (κ3) is 5.08. The summed E-state index contributed by atoms with van der Waals surface area (Å²) in [5.41, 5.74) is 0. The molecule has 7 heteroatoms. The molecule has 2 N–H and O–H groups in total. The summed E-state index contributed by atoms with van der Waals surface area (Å²) < 4.78 is 28.5.